The Morgan fingerprint density at radius 2 is 2.18 bits per heavy atom. The molecule has 1 heterocycles. The first-order valence-electron chi connectivity index (χ1n) is 5.72. The van der Waals surface area contributed by atoms with E-state index in [2.05, 4.69) is 31.8 Å². The van der Waals surface area contributed by atoms with Crippen LogP contribution < -0.4 is 0 Å². The molecule has 0 bridgehead atoms. The Labute approximate surface area is 102 Å². The van der Waals surface area contributed by atoms with E-state index in [0.717, 1.165) is 5.56 Å². The van der Waals surface area contributed by atoms with Crippen LogP contribution in [0.1, 0.15) is 31.9 Å². The van der Waals surface area contributed by atoms with Crippen molar-refractivity contribution in [2.75, 3.05) is 6.61 Å². The maximum Gasteiger partial charge on any atom is 0.216 e. The number of nitriles is 1. The highest BCUT2D eigenvalue weighted by Gasteiger charge is 2.30. The van der Waals surface area contributed by atoms with Crippen molar-refractivity contribution < 1.29 is 4.74 Å². The second kappa shape index (κ2) is 4.21. The molecule has 0 aromatic heterocycles. The van der Waals surface area contributed by atoms with Crippen LogP contribution in [0, 0.1) is 16.7 Å². The highest BCUT2D eigenvalue weighted by molar-refractivity contribution is 5.95. The van der Waals surface area contributed by atoms with Gasteiger partial charge >= 0.3 is 0 Å². The van der Waals surface area contributed by atoms with Crippen molar-refractivity contribution in [3.05, 3.63) is 35.4 Å². The van der Waals surface area contributed by atoms with Crippen LogP contribution in [0.4, 0.5) is 0 Å². The zero-order valence-electron chi connectivity index (χ0n) is 10.4. The molecule has 1 unspecified atom stereocenters. The number of aliphatic imine (C=N–C) groups is 1. The molecular formula is C14H16N2O. The fourth-order valence-electron chi connectivity index (χ4n) is 1.70. The number of hydrogen-bond donors (Lipinski definition) is 0. The molecule has 1 aliphatic heterocycles. The average Bonchev–Trinajstić information content (AvgIpc) is 2.78. The van der Waals surface area contributed by atoms with Gasteiger partial charge in [-0.15, -0.1) is 0 Å². The van der Waals surface area contributed by atoms with E-state index in [4.69, 9.17) is 10.00 Å². The van der Waals surface area contributed by atoms with Gasteiger partial charge < -0.3 is 4.74 Å². The Morgan fingerprint density at radius 3 is 2.76 bits per heavy atom. The molecule has 1 aromatic carbocycles. The van der Waals surface area contributed by atoms with E-state index in [1.807, 2.05) is 18.2 Å². The molecule has 17 heavy (non-hydrogen) atoms. The van der Waals surface area contributed by atoms with Crippen LogP contribution in [-0.4, -0.2) is 18.5 Å². The standard InChI is InChI=1S/C14H16N2O/c1-14(2,3)12-9-17-13(16-12)11-6-4-5-10(7-11)8-15/h4-7,12H,9H2,1-3H3. The summed E-state index contributed by atoms with van der Waals surface area (Å²) in [4.78, 5) is 4.59. The number of ether oxygens (including phenoxy) is 1. The molecule has 1 aromatic rings. The Hall–Kier alpha value is -1.82. The number of benzene rings is 1. The predicted molar refractivity (Wildman–Crippen MR) is 66.9 cm³/mol. The molecule has 1 atom stereocenters. The highest BCUT2D eigenvalue weighted by Crippen LogP contribution is 2.27. The van der Waals surface area contributed by atoms with Crippen LogP contribution in [0.5, 0.6) is 0 Å². The van der Waals surface area contributed by atoms with Crippen molar-refractivity contribution in [3.8, 4) is 6.07 Å². The van der Waals surface area contributed by atoms with E-state index >= 15 is 0 Å². The third-order valence-corrected chi connectivity index (χ3v) is 2.89. The molecule has 0 N–H and O–H groups in total. The number of rotatable bonds is 1. The second-order valence-electron chi connectivity index (χ2n) is 5.32. The van der Waals surface area contributed by atoms with E-state index in [-0.39, 0.29) is 11.5 Å². The van der Waals surface area contributed by atoms with Gasteiger partial charge in [-0.1, -0.05) is 26.8 Å². The summed E-state index contributed by atoms with van der Waals surface area (Å²) in [6.07, 6.45) is 0. The normalized spacial score (nSPS) is 19.4. The van der Waals surface area contributed by atoms with Crippen molar-refractivity contribution in [2.45, 2.75) is 26.8 Å². The smallest absolute Gasteiger partial charge is 0.216 e. The first-order chi connectivity index (χ1) is 8.00. The molecule has 3 nitrogen and oxygen atoms in total. The lowest BCUT2D eigenvalue weighted by Gasteiger charge is -2.21. The summed E-state index contributed by atoms with van der Waals surface area (Å²) in [6, 6.07) is 9.67. The zero-order chi connectivity index (χ0) is 12.5. The first kappa shape index (κ1) is 11.7. The molecule has 0 saturated carbocycles. The monoisotopic (exact) mass is 228 g/mol. The highest BCUT2D eigenvalue weighted by atomic mass is 16.5. The molecule has 0 saturated heterocycles. The van der Waals surface area contributed by atoms with Crippen molar-refractivity contribution in [1.82, 2.24) is 0 Å². The lowest BCUT2D eigenvalue weighted by molar-refractivity contribution is 0.236. The minimum absolute atomic E-state index is 0.106. The average molecular weight is 228 g/mol. The minimum atomic E-state index is 0.106. The van der Waals surface area contributed by atoms with Crippen molar-refractivity contribution in [1.29, 1.82) is 5.26 Å². The Morgan fingerprint density at radius 1 is 1.41 bits per heavy atom. The van der Waals surface area contributed by atoms with Crippen LogP contribution in [0.2, 0.25) is 0 Å². The Balaban J connectivity index is 2.28. The van der Waals surface area contributed by atoms with Gasteiger partial charge in [-0.3, -0.25) is 0 Å². The van der Waals surface area contributed by atoms with E-state index in [1.54, 1.807) is 6.07 Å². The molecule has 0 aliphatic carbocycles. The van der Waals surface area contributed by atoms with E-state index in [9.17, 15) is 0 Å². The quantitative estimate of drug-likeness (QED) is 0.742. The lowest BCUT2D eigenvalue weighted by Crippen LogP contribution is -2.25. The predicted octanol–water partition coefficient (Wildman–Crippen LogP) is 2.75. The zero-order valence-corrected chi connectivity index (χ0v) is 10.4. The van der Waals surface area contributed by atoms with E-state index in [0.29, 0.717) is 18.1 Å². The molecule has 88 valence electrons. The maximum absolute atomic E-state index is 8.86. The molecule has 0 fully saturated rings. The van der Waals surface area contributed by atoms with Gasteiger partial charge in [0, 0.05) is 5.56 Å². The third kappa shape index (κ3) is 2.47. The van der Waals surface area contributed by atoms with Gasteiger partial charge in [0.25, 0.3) is 0 Å². The summed E-state index contributed by atoms with van der Waals surface area (Å²) in [5.41, 5.74) is 1.62. The molecule has 1 aliphatic rings. The fraction of sp³-hybridized carbons (Fsp3) is 0.429. The minimum Gasteiger partial charge on any atom is -0.475 e. The fourth-order valence-corrected chi connectivity index (χ4v) is 1.70. The van der Waals surface area contributed by atoms with Crippen molar-refractivity contribution in [2.24, 2.45) is 10.4 Å². The summed E-state index contributed by atoms with van der Waals surface area (Å²) in [6.45, 7) is 7.08. The molecule has 3 heteroatoms. The summed E-state index contributed by atoms with van der Waals surface area (Å²) in [7, 11) is 0. The van der Waals surface area contributed by atoms with Gasteiger partial charge in [0.1, 0.15) is 6.61 Å². The first-order valence-corrected chi connectivity index (χ1v) is 5.72. The van der Waals surface area contributed by atoms with E-state index < -0.39 is 0 Å². The van der Waals surface area contributed by atoms with Gasteiger partial charge in [0.05, 0.1) is 17.7 Å². The van der Waals surface area contributed by atoms with Crippen LogP contribution in [0.25, 0.3) is 0 Å². The summed E-state index contributed by atoms with van der Waals surface area (Å²) < 4.78 is 5.62. The van der Waals surface area contributed by atoms with Crippen molar-refractivity contribution >= 4 is 5.90 Å². The van der Waals surface area contributed by atoms with Crippen LogP contribution >= 0.6 is 0 Å². The van der Waals surface area contributed by atoms with Crippen LogP contribution in [0.3, 0.4) is 0 Å². The largest absolute Gasteiger partial charge is 0.475 e. The van der Waals surface area contributed by atoms with Crippen LogP contribution in [0.15, 0.2) is 29.3 Å². The molecule has 0 spiro atoms. The molecule has 0 radical (unpaired) electrons. The van der Waals surface area contributed by atoms with Gasteiger partial charge in [-0.25, -0.2) is 4.99 Å². The summed E-state index contributed by atoms with van der Waals surface area (Å²) in [5.74, 6) is 0.655. The molecule has 0 amide bonds. The van der Waals surface area contributed by atoms with Gasteiger partial charge in [0.15, 0.2) is 0 Å². The number of hydrogen-bond acceptors (Lipinski definition) is 3. The van der Waals surface area contributed by atoms with E-state index in [1.165, 1.54) is 0 Å². The Bertz CT molecular complexity index is 492. The topological polar surface area (TPSA) is 45.4 Å². The summed E-state index contributed by atoms with van der Waals surface area (Å²) >= 11 is 0. The third-order valence-electron chi connectivity index (χ3n) is 2.89. The summed E-state index contributed by atoms with van der Waals surface area (Å²) in [5, 5.41) is 8.86. The van der Waals surface area contributed by atoms with Gasteiger partial charge in [0.2, 0.25) is 5.90 Å². The lowest BCUT2D eigenvalue weighted by atomic mass is 9.88. The molecular weight excluding hydrogens is 212 g/mol. The van der Waals surface area contributed by atoms with Crippen molar-refractivity contribution in [3.63, 3.8) is 0 Å². The Kier molecular flexibility index (Phi) is 2.89. The second-order valence-corrected chi connectivity index (χ2v) is 5.32. The maximum atomic E-state index is 8.86. The SMILES string of the molecule is CC(C)(C)C1COC(c2cccc(C#N)c2)=N1. The van der Waals surface area contributed by atoms with Gasteiger partial charge in [-0.2, -0.15) is 5.26 Å². The van der Waals surface area contributed by atoms with Gasteiger partial charge in [-0.05, 0) is 23.6 Å². The number of nitrogens with zero attached hydrogens (tertiary/aromatic N) is 2. The molecule has 2 rings (SSSR count). The van der Waals surface area contributed by atoms with Crippen LogP contribution in [-0.2, 0) is 4.74 Å².